The third-order valence-electron chi connectivity index (χ3n) is 4.11. The second-order valence-electron chi connectivity index (χ2n) is 5.67. The smallest absolute Gasteiger partial charge is 0.273 e. The number of aryl methyl sites for hydroxylation is 1. The van der Waals surface area contributed by atoms with E-state index in [2.05, 4.69) is 14.9 Å². The number of piperidine rings is 1. The lowest BCUT2D eigenvalue weighted by atomic mass is 10.0. The molecule has 1 aliphatic heterocycles. The number of pyridine rings is 1. The molecule has 0 radical (unpaired) electrons. The molecule has 3 heterocycles. The normalized spacial score (nSPS) is 18.3. The van der Waals surface area contributed by atoms with Crippen molar-refractivity contribution in [2.45, 2.75) is 25.8 Å². The Bertz CT molecular complexity index is 643. The molecular formula is C16H20N4OS. The van der Waals surface area contributed by atoms with Gasteiger partial charge in [0.15, 0.2) is 0 Å². The van der Waals surface area contributed by atoms with Gasteiger partial charge < -0.3 is 9.80 Å². The summed E-state index contributed by atoms with van der Waals surface area (Å²) in [6.45, 7) is 3.82. The molecule has 0 N–H and O–H groups in total. The second kappa shape index (κ2) is 6.44. The predicted molar refractivity (Wildman–Crippen MR) is 88.4 cm³/mol. The molecule has 116 valence electrons. The van der Waals surface area contributed by atoms with Crippen molar-refractivity contribution in [1.82, 2.24) is 14.9 Å². The quantitative estimate of drug-likeness (QED) is 0.873. The molecule has 0 spiro atoms. The lowest BCUT2D eigenvalue weighted by Crippen LogP contribution is -2.49. The molecule has 3 rings (SSSR count). The molecule has 22 heavy (non-hydrogen) atoms. The summed E-state index contributed by atoms with van der Waals surface area (Å²) in [5, 5.41) is 1.81. The van der Waals surface area contributed by atoms with Gasteiger partial charge in [-0.05, 0) is 31.9 Å². The van der Waals surface area contributed by atoms with Crippen LogP contribution in [0.5, 0.6) is 0 Å². The molecule has 0 aromatic carbocycles. The van der Waals surface area contributed by atoms with E-state index in [4.69, 9.17) is 0 Å². The van der Waals surface area contributed by atoms with E-state index in [0.717, 1.165) is 37.4 Å². The maximum Gasteiger partial charge on any atom is 0.273 e. The average molecular weight is 316 g/mol. The molecule has 5 nitrogen and oxygen atoms in total. The first-order valence-corrected chi connectivity index (χ1v) is 8.43. The van der Waals surface area contributed by atoms with Gasteiger partial charge in [0.05, 0.1) is 5.51 Å². The van der Waals surface area contributed by atoms with Gasteiger partial charge in [0.2, 0.25) is 0 Å². The van der Waals surface area contributed by atoms with Crippen molar-refractivity contribution < 1.29 is 4.79 Å². The summed E-state index contributed by atoms with van der Waals surface area (Å²) >= 11 is 1.45. The van der Waals surface area contributed by atoms with E-state index in [1.54, 1.807) is 5.51 Å². The fourth-order valence-corrected chi connectivity index (χ4v) is 3.37. The van der Waals surface area contributed by atoms with E-state index in [-0.39, 0.29) is 11.9 Å². The topological polar surface area (TPSA) is 49.3 Å². The summed E-state index contributed by atoms with van der Waals surface area (Å²) in [6, 6.07) is 6.27. The molecule has 1 aliphatic rings. The lowest BCUT2D eigenvalue weighted by Gasteiger charge is -2.38. The van der Waals surface area contributed by atoms with Gasteiger partial charge in [-0.2, -0.15) is 0 Å². The molecule has 0 bridgehead atoms. The molecule has 1 saturated heterocycles. The number of aromatic nitrogens is 2. The summed E-state index contributed by atoms with van der Waals surface area (Å²) < 4.78 is 0. The number of rotatable bonds is 3. The van der Waals surface area contributed by atoms with Crippen LogP contribution in [0.1, 0.15) is 29.0 Å². The van der Waals surface area contributed by atoms with E-state index in [1.165, 1.54) is 11.3 Å². The number of carbonyl (C=O) groups excluding carboxylic acids is 1. The number of amides is 1. The van der Waals surface area contributed by atoms with E-state index >= 15 is 0 Å². The molecule has 1 fully saturated rings. The van der Waals surface area contributed by atoms with E-state index in [0.29, 0.717) is 5.69 Å². The molecule has 6 heteroatoms. The summed E-state index contributed by atoms with van der Waals surface area (Å²) in [7, 11) is 1.87. The zero-order valence-electron chi connectivity index (χ0n) is 12.9. The third kappa shape index (κ3) is 3.11. The zero-order chi connectivity index (χ0) is 15.5. The lowest BCUT2D eigenvalue weighted by molar-refractivity contribution is 0.0712. The van der Waals surface area contributed by atoms with Crippen molar-refractivity contribution in [1.29, 1.82) is 0 Å². The molecule has 1 atom stereocenters. The second-order valence-corrected chi connectivity index (χ2v) is 6.39. The Morgan fingerprint density at radius 3 is 3.05 bits per heavy atom. The van der Waals surface area contributed by atoms with E-state index < -0.39 is 0 Å². The van der Waals surface area contributed by atoms with Crippen LogP contribution in [-0.4, -0.2) is 47.0 Å². The van der Waals surface area contributed by atoms with Crippen molar-refractivity contribution in [2.75, 3.05) is 25.0 Å². The van der Waals surface area contributed by atoms with Crippen LogP contribution in [0.3, 0.4) is 0 Å². The van der Waals surface area contributed by atoms with Crippen molar-refractivity contribution in [3.8, 4) is 0 Å². The summed E-state index contributed by atoms with van der Waals surface area (Å²) in [6.07, 6.45) is 2.09. The van der Waals surface area contributed by atoms with Crippen LogP contribution in [0.15, 0.2) is 29.1 Å². The molecule has 1 amide bonds. The van der Waals surface area contributed by atoms with Crippen molar-refractivity contribution in [2.24, 2.45) is 0 Å². The van der Waals surface area contributed by atoms with Crippen LogP contribution >= 0.6 is 11.3 Å². The highest BCUT2D eigenvalue weighted by Crippen LogP contribution is 2.21. The number of hydrogen-bond donors (Lipinski definition) is 0. The first-order chi connectivity index (χ1) is 10.6. The van der Waals surface area contributed by atoms with Crippen molar-refractivity contribution in [3.63, 3.8) is 0 Å². The molecule has 2 aromatic heterocycles. The van der Waals surface area contributed by atoms with Gasteiger partial charge in [0.25, 0.3) is 5.91 Å². The van der Waals surface area contributed by atoms with Gasteiger partial charge in [-0.25, -0.2) is 9.97 Å². The Balaban J connectivity index is 1.71. The molecular weight excluding hydrogens is 296 g/mol. The molecule has 0 saturated carbocycles. The van der Waals surface area contributed by atoms with Gasteiger partial charge >= 0.3 is 0 Å². The highest BCUT2D eigenvalue weighted by molar-refractivity contribution is 7.07. The van der Waals surface area contributed by atoms with Crippen molar-refractivity contribution in [3.05, 3.63) is 40.5 Å². The molecule has 1 unspecified atom stereocenters. The van der Waals surface area contributed by atoms with Gasteiger partial charge in [0.1, 0.15) is 11.5 Å². The average Bonchev–Trinajstić information content (AvgIpc) is 3.08. The number of thiazole rings is 1. The van der Waals surface area contributed by atoms with Gasteiger partial charge in [0, 0.05) is 37.3 Å². The Morgan fingerprint density at radius 2 is 2.32 bits per heavy atom. The largest absolute Gasteiger partial charge is 0.355 e. The first kappa shape index (κ1) is 15.0. The number of anilines is 1. The minimum Gasteiger partial charge on any atom is -0.355 e. The maximum absolute atomic E-state index is 12.4. The van der Waals surface area contributed by atoms with E-state index in [1.807, 2.05) is 42.5 Å². The minimum absolute atomic E-state index is 0.00491. The fraction of sp³-hybridized carbons (Fsp3) is 0.438. The van der Waals surface area contributed by atoms with Gasteiger partial charge in [-0.1, -0.05) is 6.07 Å². The Labute approximate surface area is 134 Å². The number of hydrogen-bond acceptors (Lipinski definition) is 5. The van der Waals surface area contributed by atoms with Crippen LogP contribution in [0.25, 0.3) is 0 Å². The van der Waals surface area contributed by atoms with Gasteiger partial charge in [-0.3, -0.25) is 4.79 Å². The van der Waals surface area contributed by atoms with Crippen LogP contribution in [0, 0.1) is 6.92 Å². The third-order valence-corrected chi connectivity index (χ3v) is 4.70. The van der Waals surface area contributed by atoms with Crippen molar-refractivity contribution >= 4 is 23.1 Å². The van der Waals surface area contributed by atoms with Crippen LogP contribution < -0.4 is 4.90 Å². The summed E-state index contributed by atoms with van der Waals surface area (Å²) in [5.74, 6) is 1.00. The van der Waals surface area contributed by atoms with Crippen LogP contribution in [-0.2, 0) is 0 Å². The Morgan fingerprint density at radius 1 is 1.45 bits per heavy atom. The van der Waals surface area contributed by atoms with Gasteiger partial charge in [-0.15, -0.1) is 11.3 Å². The van der Waals surface area contributed by atoms with Crippen LogP contribution in [0.4, 0.5) is 5.82 Å². The Hall–Kier alpha value is -1.95. The Kier molecular flexibility index (Phi) is 4.38. The SMILES string of the molecule is Cc1cccc(N2CCCC(N(C)C(=O)c3cscn3)C2)n1. The minimum atomic E-state index is 0.00491. The highest BCUT2D eigenvalue weighted by Gasteiger charge is 2.28. The molecule has 0 aliphatic carbocycles. The maximum atomic E-state index is 12.4. The first-order valence-electron chi connectivity index (χ1n) is 7.49. The van der Waals surface area contributed by atoms with Crippen LogP contribution in [0.2, 0.25) is 0 Å². The predicted octanol–water partition coefficient (Wildman–Crippen LogP) is 2.59. The standard InChI is InChI=1S/C16H20N4OS/c1-12-5-3-7-15(18-12)20-8-4-6-13(9-20)19(2)16(21)14-10-22-11-17-14/h3,5,7,10-11,13H,4,6,8-9H2,1-2H3. The number of nitrogens with zero attached hydrogens (tertiary/aromatic N) is 4. The summed E-state index contributed by atoms with van der Waals surface area (Å²) in [5.41, 5.74) is 3.26. The zero-order valence-corrected chi connectivity index (χ0v) is 13.7. The van der Waals surface area contributed by atoms with E-state index in [9.17, 15) is 4.79 Å². The fourth-order valence-electron chi connectivity index (χ4n) is 2.85. The molecule has 2 aromatic rings. The monoisotopic (exact) mass is 316 g/mol. The highest BCUT2D eigenvalue weighted by atomic mass is 32.1. The summed E-state index contributed by atoms with van der Waals surface area (Å²) in [4.78, 5) is 25.3. The number of carbonyl (C=O) groups is 1. The number of likely N-dealkylation sites (N-methyl/N-ethyl adjacent to an activating group) is 1.